The number of hydrogen-bond acceptors (Lipinski definition) is 5. The van der Waals surface area contributed by atoms with Gasteiger partial charge in [-0.05, 0) is 23.8 Å². The summed E-state index contributed by atoms with van der Waals surface area (Å²) >= 11 is 0. The molecule has 6 nitrogen and oxygen atoms in total. The average molecular weight is 325 g/mol. The van der Waals surface area contributed by atoms with E-state index < -0.39 is 23.9 Å². The minimum Gasteiger partial charge on any atom is -0.465 e. The molecule has 1 heterocycles. The van der Waals surface area contributed by atoms with Crippen molar-refractivity contribution in [2.45, 2.75) is 12.5 Å². The number of rotatable bonds is 3. The van der Waals surface area contributed by atoms with Crippen molar-refractivity contribution in [3.05, 3.63) is 65.2 Å². The van der Waals surface area contributed by atoms with Crippen LogP contribution in [0, 0.1) is 0 Å². The molecular formula is C18H15NO5. The van der Waals surface area contributed by atoms with Crippen LogP contribution in [0.4, 0.5) is 5.69 Å². The zero-order valence-corrected chi connectivity index (χ0v) is 12.9. The molecule has 0 fully saturated rings. The Morgan fingerprint density at radius 1 is 1.12 bits per heavy atom. The van der Waals surface area contributed by atoms with Gasteiger partial charge < -0.3 is 14.8 Å². The van der Waals surface area contributed by atoms with Crippen LogP contribution in [0.5, 0.6) is 0 Å². The van der Waals surface area contributed by atoms with Gasteiger partial charge in [-0.3, -0.25) is 4.79 Å². The highest BCUT2D eigenvalue weighted by atomic mass is 16.5. The number of para-hydroxylation sites is 1. The Morgan fingerprint density at radius 3 is 2.62 bits per heavy atom. The molecule has 0 saturated carbocycles. The molecule has 2 aromatic rings. The number of carbonyl (C=O) groups excluding carboxylic acids is 3. The van der Waals surface area contributed by atoms with Gasteiger partial charge in [0.1, 0.15) is 0 Å². The maximum atomic E-state index is 12.4. The van der Waals surface area contributed by atoms with Gasteiger partial charge in [0.25, 0.3) is 5.91 Å². The fraction of sp³-hybridized carbons (Fsp3) is 0.167. The second-order valence-electron chi connectivity index (χ2n) is 5.28. The maximum Gasteiger partial charge on any atom is 0.339 e. The van der Waals surface area contributed by atoms with Crippen molar-refractivity contribution in [1.29, 1.82) is 0 Å². The Balaban J connectivity index is 1.80. The number of fused-ring (bicyclic) bond motifs is 1. The van der Waals surface area contributed by atoms with E-state index in [4.69, 9.17) is 9.47 Å². The van der Waals surface area contributed by atoms with Crippen LogP contribution in [0.15, 0.2) is 48.5 Å². The Bertz CT molecular complexity index is 815. The van der Waals surface area contributed by atoms with Gasteiger partial charge in [0.05, 0.1) is 23.9 Å². The van der Waals surface area contributed by atoms with E-state index in [0.717, 1.165) is 5.56 Å². The van der Waals surface area contributed by atoms with Crippen LogP contribution in [0.2, 0.25) is 0 Å². The average Bonchev–Trinajstić information content (AvgIpc) is 2.61. The highest BCUT2D eigenvalue weighted by molar-refractivity contribution is 6.04. The quantitative estimate of drug-likeness (QED) is 0.875. The molecule has 0 bridgehead atoms. The fourth-order valence-electron chi connectivity index (χ4n) is 2.57. The van der Waals surface area contributed by atoms with Crippen molar-refractivity contribution in [2.24, 2.45) is 0 Å². The zero-order valence-electron chi connectivity index (χ0n) is 12.9. The van der Waals surface area contributed by atoms with Gasteiger partial charge >= 0.3 is 11.9 Å². The van der Waals surface area contributed by atoms with Crippen LogP contribution in [0.3, 0.4) is 0 Å². The third-order valence-corrected chi connectivity index (χ3v) is 3.77. The molecule has 1 aliphatic rings. The minimum absolute atomic E-state index is 0.232. The fourth-order valence-corrected chi connectivity index (χ4v) is 2.57. The maximum absolute atomic E-state index is 12.4. The predicted octanol–water partition coefficient (Wildman–Crippen LogP) is 2.19. The summed E-state index contributed by atoms with van der Waals surface area (Å²) in [7, 11) is 1.26. The molecule has 0 radical (unpaired) electrons. The normalized spacial score (nSPS) is 15.9. The molecular weight excluding hydrogens is 310 g/mol. The van der Waals surface area contributed by atoms with Gasteiger partial charge in [-0.15, -0.1) is 0 Å². The molecule has 6 heteroatoms. The molecule has 0 saturated heterocycles. The number of amides is 1. The lowest BCUT2D eigenvalue weighted by Gasteiger charge is -2.24. The van der Waals surface area contributed by atoms with Crippen LogP contribution in [0.25, 0.3) is 0 Å². The Labute approximate surface area is 138 Å². The summed E-state index contributed by atoms with van der Waals surface area (Å²) in [5.41, 5.74) is 1.77. The molecule has 122 valence electrons. The molecule has 1 N–H and O–H groups in total. The number of ether oxygens (including phenoxy) is 2. The van der Waals surface area contributed by atoms with E-state index in [2.05, 4.69) is 5.32 Å². The van der Waals surface area contributed by atoms with Crippen molar-refractivity contribution >= 4 is 23.5 Å². The van der Waals surface area contributed by atoms with E-state index in [1.54, 1.807) is 48.5 Å². The van der Waals surface area contributed by atoms with Crippen molar-refractivity contribution < 1.29 is 23.9 Å². The second-order valence-corrected chi connectivity index (χ2v) is 5.28. The number of nitrogens with one attached hydrogen (secondary N) is 1. The van der Waals surface area contributed by atoms with Crippen LogP contribution < -0.4 is 5.32 Å². The van der Waals surface area contributed by atoms with Crippen LogP contribution in [-0.4, -0.2) is 31.1 Å². The number of esters is 2. The van der Waals surface area contributed by atoms with E-state index >= 15 is 0 Å². The zero-order chi connectivity index (χ0) is 17.1. The molecule has 1 atom stereocenters. The van der Waals surface area contributed by atoms with Crippen LogP contribution in [-0.2, 0) is 20.7 Å². The van der Waals surface area contributed by atoms with Crippen molar-refractivity contribution in [2.75, 3.05) is 12.4 Å². The summed E-state index contributed by atoms with van der Waals surface area (Å²) in [5, 5.41) is 2.63. The molecule has 24 heavy (non-hydrogen) atoms. The molecule has 0 aliphatic carbocycles. The summed E-state index contributed by atoms with van der Waals surface area (Å²) in [4.78, 5) is 36.2. The SMILES string of the molecule is COC(=O)c1ccccc1NC(=O)C1Cc2ccccc2C(=O)O1. The first-order valence-corrected chi connectivity index (χ1v) is 7.37. The van der Waals surface area contributed by atoms with E-state index in [1.165, 1.54) is 7.11 Å². The topological polar surface area (TPSA) is 81.7 Å². The molecule has 0 aromatic heterocycles. The molecule has 3 rings (SSSR count). The van der Waals surface area contributed by atoms with Gasteiger partial charge in [-0.2, -0.15) is 0 Å². The predicted molar refractivity (Wildman–Crippen MR) is 85.8 cm³/mol. The highest BCUT2D eigenvalue weighted by Crippen LogP contribution is 2.22. The Kier molecular flexibility index (Phi) is 4.29. The monoisotopic (exact) mass is 325 g/mol. The molecule has 1 unspecified atom stereocenters. The smallest absolute Gasteiger partial charge is 0.339 e. The number of benzene rings is 2. The van der Waals surface area contributed by atoms with Gasteiger partial charge in [0.15, 0.2) is 6.10 Å². The van der Waals surface area contributed by atoms with E-state index in [-0.39, 0.29) is 12.0 Å². The van der Waals surface area contributed by atoms with Crippen molar-refractivity contribution in [1.82, 2.24) is 0 Å². The number of carbonyl (C=O) groups is 3. The lowest BCUT2D eigenvalue weighted by Crippen LogP contribution is -2.38. The third-order valence-electron chi connectivity index (χ3n) is 3.77. The molecule has 1 aliphatic heterocycles. The lowest BCUT2D eigenvalue weighted by atomic mass is 9.98. The molecule has 1 amide bonds. The Morgan fingerprint density at radius 2 is 1.83 bits per heavy atom. The minimum atomic E-state index is -0.946. The first kappa shape index (κ1) is 15.7. The largest absolute Gasteiger partial charge is 0.465 e. The van der Waals surface area contributed by atoms with Crippen LogP contribution in [0.1, 0.15) is 26.3 Å². The molecule has 2 aromatic carbocycles. The summed E-state index contributed by atoms with van der Waals surface area (Å²) in [6.07, 6.45) is -0.660. The number of cyclic esters (lactones) is 1. The van der Waals surface area contributed by atoms with Gasteiger partial charge in [-0.25, -0.2) is 9.59 Å². The number of anilines is 1. The standard InChI is InChI=1S/C18H15NO5/c1-23-17(21)13-8-4-5-9-14(13)19-16(20)15-10-11-6-2-3-7-12(11)18(22)24-15/h2-9,15H,10H2,1H3,(H,19,20). The number of methoxy groups -OCH3 is 1. The third kappa shape index (κ3) is 2.99. The lowest BCUT2D eigenvalue weighted by molar-refractivity contribution is -0.125. The first-order valence-electron chi connectivity index (χ1n) is 7.37. The summed E-state index contributed by atoms with van der Waals surface area (Å²) < 4.78 is 9.90. The van der Waals surface area contributed by atoms with Gasteiger partial charge in [0, 0.05) is 6.42 Å². The van der Waals surface area contributed by atoms with E-state index in [9.17, 15) is 14.4 Å². The highest BCUT2D eigenvalue weighted by Gasteiger charge is 2.31. The Hall–Kier alpha value is -3.15. The van der Waals surface area contributed by atoms with Crippen LogP contribution >= 0.6 is 0 Å². The first-order chi connectivity index (χ1) is 11.6. The summed E-state index contributed by atoms with van der Waals surface area (Å²) in [6, 6.07) is 13.5. The number of hydrogen-bond donors (Lipinski definition) is 1. The van der Waals surface area contributed by atoms with Crippen molar-refractivity contribution in [3.8, 4) is 0 Å². The van der Waals surface area contributed by atoms with Crippen molar-refractivity contribution in [3.63, 3.8) is 0 Å². The second kappa shape index (κ2) is 6.54. The summed E-state index contributed by atoms with van der Waals surface area (Å²) in [6.45, 7) is 0. The molecule has 0 spiro atoms. The van der Waals surface area contributed by atoms with Gasteiger partial charge in [-0.1, -0.05) is 30.3 Å². The van der Waals surface area contributed by atoms with Gasteiger partial charge in [0.2, 0.25) is 0 Å². The summed E-state index contributed by atoms with van der Waals surface area (Å²) in [5.74, 6) is -1.58. The van der Waals surface area contributed by atoms with E-state index in [1.807, 2.05) is 0 Å². The van der Waals surface area contributed by atoms with E-state index in [0.29, 0.717) is 11.3 Å².